The van der Waals surface area contributed by atoms with Crippen LogP contribution < -0.4 is 5.32 Å². The van der Waals surface area contributed by atoms with E-state index < -0.39 is 34.4 Å². The molecule has 172 valence electrons. The number of aromatic nitrogens is 1. The van der Waals surface area contributed by atoms with Crippen molar-refractivity contribution in [1.29, 1.82) is 0 Å². The van der Waals surface area contributed by atoms with Gasteiger partial charge in [-0.2, -0.15) is 4.31 Å². The van der Waals surface area contributed by atoms with E-state index in [9.17, 15) is 18.0 Å². The van der Waals surface area contributed by atoms with Crippen molar-refractivity contribution in [3.05, 3.63) is 51.1 Å². The number of ether oxygens (including phenoxy) is 1. The number of halogens is 3. The van der Waals surface area contributed by atoms with E-state index in [0.717, 1.165) is 5.56 Å². The van der Waals surface area contributed by atoms with Gasteiger partial charge in [-0.3, -0.25) is 9.59 Å². The number of pyridine rings is 1. The van der Waals surface area contributed by atoms with Gasteiger partial charge in [-0.25, -0.2) is 13.4 Å². The number of carbonyl (C=O) groups excluding carboxylic acids is 2. The Morgan fingerprint density at radius 3 is 2.50 bits per heavy atom. The Labute approximate surface area is 200 Å². The van der Waals surface area contributed by atoms with Crippen LogP contribution in [0.2, 0.25) is 15.1 Å². The van der Waals surface area contributed by atoms with Crippen molar-refractivity contribution in [2.75, 3.05) is 25.0 Å². The van der Waals surface area contributed by atoms with Crippen molar-refractivity contribution in [2.45, 2.75) is 24.7 Å². The fraction of sp³-hybridized carbons (Fsp3) is 0.350. The second kappa shape index (κ2) is 10.4. The average Bonchev–Trinajstić information content (AvgIpc) is 2.75. The molecule has 1 aromatic carbocycles. The van der Waals surface area contributed by atoms with Crippen LogP contribution in [0, 0.1) is 12.8 Å². The van der Waals surface area contributed by atoms with Gasteiger partial charge in [0.2, 0.25) is 10.0 Å². The van der Waals surface area contributed by atoms with E-state index >= 15 is 0 Å². The number of nitrogens with zero attached hydrogens (tertiary/aromatic N) is 2. The van der Waals surface area contributed by atoms with Crippen LogP contribution in [0.1, 0.15) is 18.4 Å². The zero-order valence-corrected chi connectivity index (χ0v) is 20.1. The van der Waals surface area contributed by atoms with Gasteiger partial charge in [0, 0.05) is 19.3 Å². The summed E-state index contributed by atoms with van der Waals surface area (Å²) >= 11 is 17.8. The van der Waals surface area contributed by atoms with Crippen molar-refractivity contribution >= 4 is 62.5 Å². The van der Waals surface area contributed by atoms with Gasteiger partial charge in [0.25, 0.3) is 5.91 Å². The summed E-state index contributed by atoms with van der Waals surface area (Å²) in [6.45, 7) is 1.55. The first kappa shape index (κ1) is 24.7. The van der Waals surface area contributed by atoms with Gasteiger partial charge in [-0.15, -0.1) is 0 Å². The van der Waals surface area contributed by atoms with E-state index in [-0.39, 0.29) is 46.7 Å². The topological polar surface area (TPSA) is 106 Å². The monoisotopic (exact) mass is 519 g/mol. The third-order valence-electron chi connectivity index (χ3n) is 4.90. The number of benzene rings is 1. The van der Waals surface area contributed by atoms with E-state index in [2.05, 4.69) is 10.3 Å². The highest BCUT2D eigenvalue weighted by atomic mass is 35.5. The first-order chi connectivity index (χ1) is 15.1. The highest BCUT2D eigenvalue weighted by molar-refractivity contribution is 7.89. The van der Waals surface area contributed by atoms with Crippen LogP contribution in [0.4, 0.5) is 5.82 Å². The number of hydrogen-bond donors (Lipinski definition) is 1. The van der Waals surface area contributed by atoms with Gasteiger partial charge in [0.15, 0.2) is 12.4 Å². The molecule has 1 aliphatic rings. The minimum Gasteiger partial charge on any atom is -0.455 e. The summed E-state index contributed by atoms with van der Waals surface area (Å²) in [6, 6.07) is 6.23. The SMILES string of the molecule is Cc1ccc(Cl)c(S(=O)(=O)N2CCC(C(=O)OCC(=O)Nc3ncc(Cl)cc3Cl)CC2)c1. The third-order valence-corrected chi connectivity index (χ3v) is 7.78. The van der Waals surface area contributed by atoms with Gasteiger partial charge in [0.1, 0.15) is 4.90 Å². The molecule has 1 fully saturated rings. The van der Waals surface area contributed by atoms with E-state index in [1.54, 1.807) is 19.1 Å². The van der Waals surface area contributed by atoms with Gasteiger partial charge in [-0.05, 0) is 43.5 Å². The van der Waals surface area contributed by atoms with Crippen LogP contribution in [0.25, 0.3) is 0 Å². The van der Waals surface area contributed by atoms with Crippen molar-refractivity contribution in [1.82, 2.24) is 9.29 Å². The lowest BCUT2D eigenvalue weighted by Gasteiger charge is -2.30. The van der Waals surface area contributed by atoms with Gasteiger partial charge in [-0.1, -0.05) is 40.9 Å². The van der Waals surface area contributed by atoms with Gasteiger partial charge in [0.05, 0.1) is 21.0 Å². The predicted molar refractivity (Wildman–Crippen MR) is 122 cm³/mol. The maximum absolute atomic E-state index is 12.9. The number of esters is 1. The lowest BCUT2D eigenvalue weighted by Crippen LogP contribution is -2.41. The maximum atomic E-state index is 12.9. The molecule has 0 unspecified atom stereocenters. The minimum absolute atomic E-state index is 0.0475. The summed E-state index contributed by atoms with van der Waals surface area (Å²) in [7, 11) is -3.78. The van der Waals surface area contributed by atoms with E-state index in [1.165, 1.54) is 22.6 Å². The molecule has 1 saturated heterocycles. The molecule has 1 N–H and O–H groups in total. The smallest absolute Gasteiger partial charge is 0.309 e. The molecule has 32 heavy (non-hydrogen) atoms. The predicted octanol–water partition coefficient (Wildman–Crippen LogP) is 3.93. The van der Waals surface area contributed by atoms with E-state index in [0.29, 0.717) is 5.02 Å². The Bertz CT molecular complexity index is 1140. The molecule has 0 bridgehead atoms. The molecule has 0 saturated carbocycles. The van der Waals surface area contributed by atoms with Crippen molar-refractivity contribution < 1.29 is 22.7 Å². The number of hydrogen-bond acceptors (Lipinski definition) is 6. The van der Waals surface area contributed by atoms with Crippen molar-refractivity contribution in [3.63, 3.8) is 0 Å². The van der Waals surface area contributed by atoms with Crippen LogP contribution in [-0.2, 0) is 24.3 Å². The minimum atomic E-state index is -3.78. The molecule has 2 aromatic rings. The Hall–Kier alpha value is -1.91. The lowest BCUT2D eigenvalue weighted by atomic mass is 9.98. The molecule has 8 nitrogen and oxygen atoms in total. The van der Waals surface area contributed by atoms with Crippen molar-refractivity contribution in [3.8, 4) is 0 Å². The summed E-state index contributed by atoms with van der Waals surface area (Å²) in [6.07, 6.45) is 1.86. The first-order valence-corrected chi connectivity index (χ1v) is 12.2. The summed E-state index contributed by atoms with van der Waals surface area (Å²) in [5.41, 5.74) is 0.778. The number of carbonyl (C=O) groups is 2. The van der Waals surface area contributed by atoms with Gasteiger partial charge >= 0.3 is 5.97 Å². The molecule has 1 aliphatic heterocycles. The zero-order chi connectivity index (χ0) is 23.5. The van der Waals surface area contributed by atoms with Crippen LogP contribution in [0.15, 0.2) is 35.4 Å². The zero-order valence-electron chi connectivity index (χ0n) is 17.0. The van der Waals surface area contributed by atoms with Crippen molar-refractivity contribution in [2.24, 2.45) is 5.92 Å². The first-order valence-electron chi connectivity index (χ1n) is 9.62. The summed E-state index contributed by atoms with van der Waals surface area (Å²) < 4.78 is 32.2. The number of sulfonamides is 1. The maximum Gasteiger partial charge on any atom is 0.309 e. The van der Waals surface area contributed by atoms with E-state index in [1.807, 2.05) is 0 Å². The quantitative estimate of drug-likeness (QED) is 0.579. The molecule has 0 radical (unpaired) electrons. The second-order valence-electron chi connectivity index (χ2n) is 7.25. The fourth-order valence-electron chi connectivity index (χ4n) is 3.21. The van der Waals surface area contributed by atoms with Crippen LogP contribution in [0.5, 0.6) is 0 Å². The number of anilines is 1. The molecule has 12 heteroatoms. The Kier molecular flexibility index (Phi) is 8.00. The Balaban J connectivity index is 1.52. The Morgan fingerprint density at radius 2 is 1.84 bits per heavy atom. The number of amides is 1. The molecular formula is C20H20Cl3N3O5S. The molecule has 1 amide bonds. The summed E-state index contributed by atoms with van der Waals surface area (Å²) in [5.74, 6) is -1.59. The highest BCUT2D eigenvalue weighted by Crippen LogP contribution is 2.29. The number of nitrogens with one attached hydrogen (secondary N) is 1. The summed E-state index contributed by atoms with van der Waals surface area (Å²) in [5, 5.41) is 3.05. The van der Waals surface area contributed by atoms with Crippen LogP contribution in [0.3, 0.4) is 0 Å². The lowest BCUT2D eigenvalue weighted by molar-refractivity contribution is -0.152. The number of rotatable bonds is 6. The molecule has 1 aromatic heterocycles. The number of aryl methyl sites for hydroxylation is 1. The molecule has 2 heterocycles. The second-order valence-corrected chi connectivity index (χ2v) is 10.4. The van der Waals surface area contributed by atoms with Crippen LogP contribution in [-0.4, -0.2) is 49.3 Å². The van der Waals surface area contributed by atoms with Crippen LogP contribution >= 0.6 is 34.8 Å². The molecule has 0 atom stereocenters. The highest BCUT2D eigenvalue weighted by Gasteiger charge is 2.34. The van der Waals surface area contributed by atoms with E-state index in [4.69, 9.17) is 39.5 Å². The molecule has 3 rings (SSSR count). The van der Waals surface area contributed by atoms with Gasteiger partial charge < -0.3 is 10.1 Å². The fourth-order valence-corrected chi connectivity index (χ4v) is 5.66. The largest absolute Gasteiger partial charge is 0.455 e. The molecule has 0 aliphatic carbocycles. The third kappa shape index (κ3) is 5.90. The average molecular weight is 521 g/mol. The molecular weight excluding hydrogens is 501 g/mol. The summed E-state index contributed by atoms with van der Waals surface area (Å²) in [4.78, 5) is 28.3. The Morgan fingerprint density at radius 1 is 1.16 bits per heavy atom. The normalized spacial score (nSPS) is 15.4. The molecule has 0 spiro atoms. The standard InChI is InChI=1S/C20H20Cl3N3O5S/c1-12-2-3-15(22)17(8-12)32(29,30)26-6-4-13(5-7-26)20(28)31-11-18(27)25-19-16(23)9-14(21)10-24-19/h2-3,8-10,13H,4-7,11H2,1H3,(H,24,25,27). The number of piperidine rings is 1.